The van der Waals surface area contributed by atoms with Gasteiger partial charge in [0.1, 0.15) is 11.5 Å². The van der Waals surface area contributed by atoms with Crippen molar-refractivity contribution in [3.8, 4) is 0 Å². The van der Waals surface area contributed by atoms with Gasteiger partial charge in [-0.1, -0.05) is 0 Å². The molecular weight excluding hydrogens is 279 g/mol. The number of halogens is 1. The van der Waals surface area contributed by atoms with Crippen molar-refractivity contribution in [2.24, 2.45) is 5.73 Å². The van der Waals surface area contributed by atoms with Gasteiger partial charge in [0.2, 0.25) is 5.91 Å². The highest BCUT2D eigenvalue weighted by Gasteiger charge is 2.23. The highest BCUT2D eigenvalue weighted by atomic mass is 19.1. The minimum atomic E-state index is -0.538. The predicted octanol–water partition coefficient (Wildman–Crippen LogP) is 1.10. The lowest BCUT2D eigenvalue weighted by Gasteiger charge is -2.31. The number of rotatable bonds is 5. The highest BCUT2D eigenvalue weighted by Crippen LogP contribution is 2.27. The van der Waals surface area contributed by atoms with Gasteiger partial charge in [-0.05, 0) is 18.9 Å². The van der Waals surface area contributed by atoms with Crippen molar-refractivity contribution in [3.63, 3.8) is 0 Å². The molecular formula is C13H17FN4O3. The van der Waals surface area contributed by atoms with Crippen molar-refractivity contribution >= 4 is 17.3 Å². The number of hydrogen-bond acceptors (Lipinski definition) is 5. The number of piperidine rings is 1. The maximum atomic E-state index is 13.2. The van der Waals surface area contributed by atoms with Gasteiger partial charge in [-0.2, -0.15) is 0 Å². The third-order valence-electron chi connectivity index (χ3n) is 3.48. The van der Waals surface area contributed by atoms with Gasteiger partial charge in [0.25, 0.3) is 5.69 Å². The average Bonchev–Trinajstić information content (AvgIpc) is 2.40. The number of nitrogens with two attached hydrogens (primary N) is 1. The number of carbonyl (C=O) groups is 1. The number of nitrogens with zero attached hydrogens (tertiary/aromatic N) is 2. The Hall–Kier alpha value is -2.22. The van der Waals surface area contributed by atoms with Gasteiger partial charge in [-0.3, -0.25) is 19.8 Å². The molecule has 1 aliphatic heterocycles. The first kappa shape index (κ1) is 15.2. The Bertz CT molecular complexity index is 544. The van der Waals surface area contributed by atoms with E-state index in [9.17, 15) is 19.3 Å². The molecule has 0 aromatic heterocycles. The molecule has 0 radical (unpaired) electrons. The van der Waals surface area contributed by atoms with E-state index in [0.717, 1.165) is 18.2 Å². The molecule has 0 atom stereocenters. The molecule has 0 aliphatic carbocycles. The van der Waals surface area contributed by atoms with Crippen LogP contribution in [0.4, 0.5) is 15.8 Å². The summed E-state index contributed by atoms with van der Waals surface area (Å²) in [5.41, 5.74) is 5.18. The second-order valence-electron chi connectivity index (χ2n) is 5.08. The number of amides is 1. The minimum Gasteiger partial charge on any atom is -0.377 e. The lowest BCUT2D eigenvalue weighted by molar-refractivity contribution is -0.384. The molecule has 8 heteroatoms. The number of likely N-dealkylation sites (tertiary alicyclic amines) is 1. The third-order valence-corrected chi connectivity index (χ3v) is 3.48. The summed E-state index contributed by atoms with van der Waals surface area (Å²) in [7, 11) is 0. The van der Waals surface area contributed by atoms with Crippen molar-refractivity contribution in [2.45, 2.75) is 18.9 Å². The van der Waals surface area contributed by atoms with E-state index >= 15 is 0 Å². The molecule has 2 rings (SSSR count). The van der Waals surface area contributed by atoms with Gasteiger partial charge >= 0.3 is 0 Å². The maximum absolute atomic E-state index is 13.2. The zero-order valence-electron chi connectivity index (χ0n) is 11.4. The Kier molecular flexibility index (Phi) is 4.69. The van der Waals surface area contributed by atoms with Crippen LogP contribution in [0.5, 0.6) is 0 Å². The van der Waals surface area contributed by atoms with Crippen LogP contribution >= 0.6 is 0 Å². The maximum Gasteiger partial charge on any atom is 0.292 e. The number of primary amides is 1. The second-order valence-corrected chi connectivity index (χ2v) is 5.08. The Morgan fingerprint density at radius 2 is 2.14 bits per heavy atom. The van der Waals surface area contributed by atoms with E-state index in [1.807, 2.05) is 4.90 Å². The molecule has 0 unspecified atom stereocenters. The summed E-state index contributed by atoms with van der Waals surface area (Å²) < 4.78 is 13.2. The van der Waals surface area contributed by atoms with Gasteiger partial charge < -0.3 is 11.1 Å². The van der Waals surface area contributed by atoms with Crippen molar-refractivity contribution < 1.29 is 14.1 Å². The van der Waals surface area contributed by atoms with Gasteiger partial charge in [0, 0.05) is 31.3 Å². The summed E-state index contributed by atoms with van der Waals surface area (Å²) >= 11 is 0. The molecule has 0 spiro atoms. The van der Waals surface area contributed by atoms with Crippen LogP contribution in [0.3, 0.4) is 0 Å². The number of nitrogens with one attached hydrogen (secondary N) is 1. The molecule has 1 fully saturated rings. The van der Waals surface area contributed by atoms with E-state index < -0.39 is 10.7 Å². The fourth-order valence-electron chi connectivity index (χ4n) is 2.46. The first-order valence-electron chi connectivity index (χ1n) is 6.67. The average molecular weight is 296 g/mol. The number of nitro benzene ring substituents is 1. The van der Waals surface area contributed by atoms with Crippen molar-refractivity contribution in [1.29, 1.82) is 0 Å². The van der Waals surface area contributed by atoms with Gasteiger partial charge in [-0.15, -0.1) is 0 Å². The summed E-state index contributed by atoms with van der Waals surface area (Å²) in [6.45, 7) is 1.56. The molecule has 0 bridgehead atoms. The Balaban J connectivity index is 1.99. The minimum absolute atomic E-state index is 0.00891. The summed E-state index contributed by atoms with van der Waals surface area (Å²) in [5.74, 6) is -0.892. The largest absolute Gasteiger partial charge is 0.377 e. The molecule has 1 aliphatic rings. The molecule has 1 heterocycles. The summed E-state index contributed by atoms with van der Waals surface area (Å²) in [4.78, 5) is 23.2. The molecule has 1 amide bonds. The normalized spacial score (nSPS) is 16.6. The fraction of sp³-hybridized carbons (Fsp3) is 0.462. The fourth-order valence-corrected chi connectivity index (χ4v) is 2.46. The third kappa shape index (κ3) is 4.12. The topological polar surface area (TPSA) is 102 Å². The zero-order valence-corrected chi connectivity index (χ0v) is 11.4. The smallest absolute Gasteiger partial charge is 0.292 e. The van der Waals surface area contributed by atoms with E-state index in [0.29, 0.717) is 25.9 Å². The van der Waals surface area contributed by atoms with Crippen LogP contribution in [0.25, 0.3) is 0 Å². The molecule has 21 heavy (non-hydrogen) atoms. The zero-order chi connectivity index (χ0) is 15.4. The van der Waals surface area contributed by atoms with Crippen LogP contribution in [-0.2, 0) is 4.79 Å². The van der Waals surface area contributed by atoms with Crippen LogP contribution in [0.2, 0.25) is 0 Å². The molecule has 1 aromatic rings. The highest BCUT2D eigenvalue weighted by molar-refractivity contribution is 5.75. The number of hydrogen-bond donors (Lipinski definition) is 2. The van der Waals surface area contributed by atoms with Crippen molar-refractivity contribution in [1.82, 2.24) is 4.90 Å². The van der Waals surface area contributed by atoms with E-state index in [4.69, 9.17) is 5.73 Å². The van der Waals surface area contributed by atoms with Crippen LogP contribution in [0.15, 0.2) is 18.2 Å². The van der Waals surface area contributed by atoms with E-state index in [1.165, 1.54) is 0 Å². The molecule has 7 nitrogen and oxygen atoms in total. The van der Waals surface area contributed by atoms with E-state index in [2.05, 4.69) is 5.32 Å². The summed E-state index contributed by atoms with van der Waals surface area (Å²) in [6.07, 6.45) is 1.42. The standard InChI is InChI=1S/C13H17FN4O3/c14-9-1-2-12(18(20)21)11(7-9)16-10-3-5-17(6-4-10)8-13(15)19/h1-2,7,10,16H,3-6,8H2,(H2,15,19). The predicted molar refractivity (Wildman–Crippen MR) is 75.3 cm³/mol. The number of benzene rings is 1. The summed E-state index contributed by atoms with van der Waals surface area (Å²) in [6, 6.07) is 3.36. The first-order valence-corrected chi connectivity index (χ1v) is 6.67. The lowest BCUT2D eigenvalue weighted by atomic mass is 10.0. The van der Waals surface area contributed by atoms with Crippen LogP contribution in [0.1, 0.15) is 12.8 Å². The second kappa shape index (κ2) is 6.49. The molecule has 0 saturated carbocycles. The Morgan fingerprint density at radius 3 is 2.71 bits per heavy atom. The SMILES string of the molecule is NC(=O)CN1CCC(Nc2cc(F)ccc2[N+](=O)[O-])CC1. The number of anilines is 1. The van der Waals surface area contributed by atoms with E-state index in [1.54, 1.807) is 0 Å². The van der Waals surface area contributed by atoms with Crippen LogP contribution < -0.4 is 11.1 Å². The summed E-state index contributed by atoms with van der Waals surface area (Å²) in [5, 5.41) is 14.0. The Labute approximate surface area is 121 Å². The van der Waals surface area contributed by atoms with Gasteiger partial charge in [0.15, 0.2) is 0 Å². The Morgan fingerprint density at radius 1 is 1.48 bits per heavy atom. The van der Waals surface area contributed by atoms with Crippen LogP contribution in [-0.4, -0.2) is 41.4 Å². The molecule has 3 N–H and O–H groups in total. The van der Waals surface area contributed by atoms with E-state index in [-0.39, 0.29) is 29.9 Å². The van der Waals surface area contributed by atoms with Crippen molar-refractivity contribution in [2.75, 3.05) is 25.0 Å². The van der Waals surface area contributed by atoms with Crippen molar-refractivity contribution in [3.05, 3.63) is 34.1 Å². The quantitative estimate of drug-likeness (QED) is 0.625. The monoisotopic (exact) mass is 296 g/mol. The molecule has 114 valence electrons. The van der Waals surface area contributed by atoms with Gasteiger partial charge in [-0.25, -0.2) is 4.39 Å². The first-order chi connectivity index (χ1) is 9.95. The molecule has 1 saturated heterocycles. The molecule has 1 aromatic carbocycles. The lowest BCUT2D eigenvalue weighted by Crippen LogP contribution is -2.43. The van der Waals surface area contributed by atoms with Gasteiger partial charge in [0.05, 0.1) is 11.5 Å². The number of carbonyl (C=O) groups excluding carboxylic acids is 1. The van der Waals surface area contributed by atoms with Crippen LogP contribution in [0, 0.1) is 15.9 Å². The number of nitro groups is 1.